The van der Waals surface area contributed by atoms with Crippen LogP contribution in [0.25, 0.3) is 0 Å². The molecule has 0 radical (unpaired) electrons. The van der Waals surface area contributed by atoms with Crippen LogP contribution in [-0.4, -0.2) is 21.9 Å². The SMILES string of the molecule is Oc1ccc([C@H]2Cc3c(cc(O)cc3[C@@H]3COc4cc(O)ccc43)O2)cc1. The minimum atomic E-state index is -0.164. The highest BCUT2D eigenvalue weighted by molar-refractivity contribution is 5.57. The Morgan fingerprint density at radius 1 is 0.741 bits per heavy atom. The van der Waals surface area contributed by atoms with Crippen molar-refractivity contribution in [2.75, 3.05) is 6.61 Å². The molecule has 0 aliphatic carbocycles. The number of ether oxygens (including phenoxy) is 2. The molecule has 2 atom stereocenters. The molecule has 0 bridgehead atoms. The lowest BCUT2D eigenvalue weighted by Gasteiger charge is -2.14. The molecule has 2 aliphatic heterocycles. The van der Waals surface area contributed by atoms with Gasteiger partial charge in [-0.2, -0.15) is 0 Å². The van der Waals surface area contributed by atoms with Crippen LogP contribution < -0.4 is 9.47 Å². The number of benzene rings is 3. The minimum absolute atomic E-state index is 0.0244. The highest BCUT2D eigenvalue weighted by Gasteiger charge is 2.34. The van der Waals surface area contributed by atoms with Crippen molar-refractivity contribution < 1.29 is 24.8 Å². The largest absolute Gasteiger partial charge is 0.508 e. The maximum atomic E-state index is 10.2. The van der Waals surface area contributed by atoms with E-state index in [-0.39, 0.29) is 29.3 Å². The highest BCUT2D eigenvalue weighted by atomic mass is 16.5. The normalized spacial score (nSPS) is 19.9. The summed E-state index contributed by atoms with van der Waals surface area (Å²) in [7, 11) is 0. The van der Waals surface area contributed by atoms with E-state index in [0.29, 0.717) is 24.5 Å². The molecule has 0 aromatic heterocycles. The van der Waals surface area contributed by atoms with E-state index < -0.39 is 0 Å². The number of aromatic hydroxyl groups is 3. The van der Waals surface area contributed by atoms with Crippen LogP contribution >= 0.6 is 0 Å². The Morgan fingerprint density at radius 2 is 1.48 bits per heavy atom. The summed E-state index contributed by atoms with van der Waals surface area (Å²) in [6, 6.07) is 15.6. The molecular weight excluding hydrogens is 344 g/mol. The molecule has 27 heavy (non-hydrogen) atoms. The first-order valence-electron chi connectivity index (χ1n) is 8.85. The van der Waals surface area contributed by atoms with Gasteiger partial charge in [-0.05, 0) is 35.4 Å². The van der Waals surface area contributed by atoms with Crippen molar-refractivity contribution >= 4 is 0 Å². The maximum Gasteiger partial charge on any atom is 0.128 e. The van der Waals surface area contributed by atoms with Crippen LogP contribution in [0.2, 0.25) is 0 Å². The second-order valence-electron chi connectivity index (χ2n) is 7.00. The van der Waals surface area contributed by atoms with Crippen LogP contribution in [-0.2, 0) is 6.42 Å². The molecule has 0 saturated carbocycles. The minimum Gasteiger partial charge on any atom is -0.508 e. The van der Waals surface area contributed by atoms with E-state index in [1.54, 1.807) is 36.4 Å². The first-order chi connectivity index (χ1) is 13.1. The van der Waals surface area contributed by atoms with Crippen molar-refractivity contribution in [2.45, 2.75) is 18.4 Å². The zero-order valence-electron chi connectivity index (χ0n) is 14.4. The second-order valence-corrected chi connectivity index (χ2v) is 7.00. The number of hydrogen-bond donors (Lipinski definition) is 3. The van der Waals surface area contributed by atoms with Gasteiger partial charge in [-0.15, -0.1) is 0 Å². The third-order valence-electron chi connectivity index (χ3n) is 5.31. The average Bonchev–Trinajstić information content (AvgIpc) is 3.25. The Kier molecular flexibility index (Phi) is 3.44. The van der Waals surface area contributed by atoms with Gasteiger partial charge in [0.15, 0.2) is 0 Å². The van der Waals surface area contributed by atoms with Gasteiger partial charge < -0.3 is 24.8 Å². The van der Waals surface area contributed by atoms with E-state index in [0.717, 1.165) is 22.3 Å². The molecule has 0 unspecified atom stereocenters. The molecule has 0 spiro atoms. The molecule has 0 amide bonds. The monoisotopic (exact) mass is 362 g/mol. The molecule has 5 heteroatoms. The first kappa shape index (κ1) is 15.9. The van der Waals surface area contributed by atoms with Gasteiger partial charge >= 0.3 is 0 Å². The summed E-state index contributed by atoms with van der Waals surface area (Å²) in [5.41, 5.74) is 4.01. The molecule has 3 N–H and O–H groups in total. The Labute approximate surface area is 156 Å². The standard InChI is InChI=1S/C22H18O5/c23-13-3-1-12(2-4-13)20-10-18-17(7-15(25)9-22(18)27-20)19-11-26-21-8-14(24)5-6-16(19)21/h1-9,19-20,23-25H,10-11H2/t19-,20-/m1/s1. The summed E-state index contributed by atoms with van der Waals surface area (Å²) < 4.78 is 11.9. The Morgan fingerprint density at radius 3 is 2.30 bits per heavy atom. The number of rotatable bonds is 2. The summed E-state index contributed by atoms with van der Waals surface area (Å²) in [4.78, 5) is 0. The van der Waals surface area contributed by atoms with Gasteiger partial charge in [0.1, 0.15) is 34.9 Å². The predicted molar refractivity (Wildman–Crippen MR) is 98.7 cm³/mol. The van der Waals surface area contributed by atoms with Gasteiger partial charge in [0.05, 0.1) is 6.61 Å². The number of phenolic OH excluding ortho intramolecular Hbond substituents is 3. The zero-order chi connectivity index (χ0) is 18.5. The van der Waals surface area contributed by atoms with Gasteiger partial charge in [-0.3, -0.25) is 0 Å². The van der Waals surface area contributed by atoms with Gasteiger partial charge in [0.25, 0.3) is 0 Å². The quantitative estimate of drug-likeness (QED) is 0.642. The van der Waals surface area contributed by atoms with E-state index in [2.05, 4.69) is 0 Å². The molecule has 2 heterocycles. The van der Waals surface area contributed by atoms with Crippen molar-refractivity contribution in [2.24, 2.45) is 0 Å². The third kappa shape index (κ3) is 2.63. The van der Waals surface area contributed by atoms with Crippen LogP contribution in [0, 0.1) is 0 Å². The molecule has 3 aromatic rings. The second kappa shape index (κ2) is 5.84. The Bertz CT molecular complexity index is 1030. The lowest BCUT2D eigenvalue weighted by molar-refractivity contribution is 0.238. The van der Waals surface area contributed by atoms with E-state index in [9.17, 15) is 15.3 Å². The smallest absolute Gasteiger partial charge is 0.128 e. The molecule has 0 saturated heterocycles. The average molecular weight is 362 g/mol. The molecule has 3 aromatic carbocycles. The van der Waals surface area contributed by atoms with Crippen LogP contribution in [0.15, 0.2) is 54.6 Å². The lowest BCUT2D eigenvalue weighted by Crippen LogP contribution is -2.06. The number of phenols is 3. The van der Waals surface area contributed by atoms with Crippen molar-refractivity contribution in [3.05, 3.63) is 76.9 Å². The summed E-state index contributed by atoms with van der Waals surface area (Å²) in [5.74, 6) is 1.87. The molecular formula is C22H18O5. The van der Waals surface area contributed by atoms with Gasteiger partial charge in [-0.1, -0.05) is 18.2 Å². The highest BCUT2D eigenvalue weighted by Crippen LogP contribution is 2.47. The number of fused-ring (bicyclic) bond motifs is 2. The van der Waals surface area contributed by atoms with Crippen molar-refractivity contribution in [3.63, 3.8) is 0 Å². The molecule has 2 aliphatic rings. The number of hydrogen-bond acceptors (Lipinski definition) is 5. The summed E-state index contributed by atoms with van der Waals surface area (Å²) in [5, 5.41) is 29.4. The Hall–Kier alpha value is -3.34. The molecule has 136 valence electrons. The molecule has 0 fully saturated rings. The predicted octanol–water partition coefficient (Wildman–Crippen LogP) is 4.00. The van der Waals surface area contributed by atoms with Gasteiger partial charge in [0.2, 0.25) is 0 Å². The van der Waals surface area contributed by atoms with Crippen LogP contribution in [0.3, 0.4) is 0 Å². The van der Waals surface area contributed by atoms with Crippen molar-refractivity contribution in [1.29, 1.82) is 0 Å². The van der Waals surface area contributed by atoms with Gasteiger partial charge in [0, 0.05) is 35.6 Å². The third-order valence-corrected chi connectivity index (χ3v) is 5.31. The van der Waals surface area contributed by atoms with E-state index >= 15 is 0 Å². The molecule has 5 nitrogen and oxygen atoms in total. The summed E-state index contributed by atoms with van der Waals surface area (Å²) in [6.07, 6.45) is 0.516. The first-order valence-corrected chi connectivity index (χ1v) is 8.85. The van der Waals surface area contributed by atoms with E-state index in [4.69, 9.17) is 9.47 Å². The molecule has 5 rings (SSSR count). The topological polar surface area (TPSA) is 79.2 Å². The summed E-state index contributed by atoms with van der Waals surface area (Å²) in [6.45, 7) is 0.457. The van der Waals surface area contributed by atoms with Gasteiger partial charge in [-0.25, -0.2) is 0 Å². The zero-order valence-corrected chi connectivity index (χ0v) is 14.4. The fraction of sp³-hybridized carbons (Fsp3) is 0.182. The van der Waals surface area contributed by atoms with Crippen LogP contribution in [0.1, 0.15) is 34.3 Å². The summed E-state index contributed by atoms with van der Waals surface area (Å²) >= 11 is 0. The van der Waals surface area contributed by atoms with Crippen LogP contribution in [0.5, 0.6) is 28.7 Å². The lowest BCUT2D eigenvalue weighted by atomic mass is 9.87. The maximum absolute atomic E-state index is 10.2. The Balaban J connectivity index is 1.54. The van der Waals surface area contributed by atoms with E-state index in [1.165, 1.54) is 0 Å². The van der Waals surface area contributed by atoms with Crippen molar-refractivity contribution in [1.82, 2.24) is 0 Å². The fourth-order valence-electron chi connectivity index (χ4n) is 4.00. The van der Waals surface area contributed by atoms with Crippen LogP contribution in [0.4, 0.5) is 0 Å². The van der Waals surface area contributed by atoms with E-state index in [1.807, 2.05) is 18.2 Å². The van der Waals surface area contributed by atoms with Crippen molar-refractivity contribution in [3.8, 4) is 28.7 Å². The fourth-order valence-corrected chi connectivity index (χ4v) is 4.00.